The predicted molar refractivity (Wildman–Crippen MR) is 79.0 cm³/mol. The molecule has 0 radical (unpaired) electrons. The van der Waals surface area contributed by atoms with Crippen LogP contribution in [0.3, 0.4) is 0 Å². The lowest BCUT2D eigenvalue weighted by molar-refractivity contribution is -0.128. The van der Waals surface area contributed by atoms with Gasteiger partial charge in [-0.1, -0.05) is 40.0 Å². The van der Waals surface area contributed by atoms with Crippen LogP contribution in [0.5, 0.6) is 0 Å². The van der Waals surface area contributed by atoms with Crippen molar-refractivity contribution in [2.24, 2.45) is 23.7 Å². The zero-order valence-electron chi connectivity index (χ0n) is 13.1. The van der Waals surface area contributed by atoms with Gasteiger partial charge in [-0.2, -0.15) is 0 Å². The van der Waals surface area contributed by atoms with Crippen LogP contribution in [0.2, 0.25) is 0 Å². The zero-order chi connectivity index (χ0) is 14.4. The summed E-state index contributed by atoms with van der Waals surface area (Å²) in [5.41, 5.74) is 0. The number of carbonyl (C=O) groups excluding carboxylic acids is 2. The molecule has 0 aliphatic heterocycles. The van der Waals surface area contributed by atoms with Gasteiger partial charge in [-0.25, -0.2) is 0 Å². The van der Waals surface area contributed by atoms with Gasteiger partial charge in [-0.15, -0.1) is 0 Å². The first kappa shape index (κ1) is 16.4. The van der Waals surface area contributed by atoms with E-state index in [-0.39, 0.29) is 23.5 Å². The monoisotopic (exact) mass is 266 g/mol. The summed E-state index contributed by atoms with van der Waals surface area (Å²) in [6.45, 7) is 7.97. The van der Waals surface area contributed by atoms with Gasteiger partial charge in [-0.3, -0.25) is 9.59 Å². The van der Waals surface area contributed by atoms with Crippen LogP contribution in [-0.2, 0) is 9.59 Å². The van der Waals surface area contributed by atoms with Crippen molar-refractivity contribution in [3.8, 4) is 0 Å². The van der Waals surface area contributed by atoms with E-state index in [2.05, 4.69) is 13.8 Å². The first-order chi connectivity index (χ1) is 9.01. The minimum Gasteiger partial charge on any atom is -0.300 e. The lowest BCUT2D eigenvalue weighted by Crippen LogP contribution is -2.30. The molecule has 1 rings (SSSR count). The van der Waals surface area contributed by atoms with Crippen molar-refractivity contribution in [1.29, 1.82) is 0 Å². The van der Waals surface area contributed by atoms with E-state index in [0.29, 0.717) is 18.1 Å². The molecule has 1 aliphatic carbocycles. The van der Waals surface area contributed by atoms with Crippen LogP contribution in [0.15, 0.2) is 0 Å². The molecule has 0 bridgehead atoms. The number of ketones is 2. The summed E-state index contributed by atoms with van der Waals surface area (Å²) in [4.78, 5) is 24.1. The van der Waals surface area contributed by atoms with Gasteiger partial charge >= 0.3 is 0 Å². The van der Waals surface area contributed by atoms with E-state index in [1.54, 1.807) is 6.92 Å². The molecule has 1 saturated carbocycles. The molecule has 19 heavy (non-hydrogen) atoms. The van der Waals surface area contributed by atoms with Crippen molar-refractivity contribution < 1.29 is 9.59 Å². The summed E-state index contributed by atoms with van der Waals surface area (Å²) in [7, 11) is 0. The molecule has 0 amide bonds. The van der Waals surface area contributed by atoms with Crippen LogP contribution in [0.1, 0.15) is 72.6 Å². The van der Waals surface area contributed by atoms with Gasteiger partial charge in [0.05, 0.1) is 0 Å². The quantitative estimate of drug-likeness (QED) is 0.684. The minimum atomic E-state index is 0.0626. The SMILES string of the molecule is CC[C@@H]1CCCCC1C(=O)C[C@@H](C)[C@H](CC)C(C)=O. The Kier molecular flexibility index (Phi) is 6.74. The highest BCUT2D eigenvalue weighted by atomic mass is 16.1. The largest absolute Gasteiger partial charge is 0.300 e. The fraction of sp³-hybridized carbons (Fsp3) is 0.882. The Hall–Kier alpha value is -0.660. The van der Waals surface area contributed by atoms with Crippen LogP contribution in [0.25, 0.3) is 0 Å². The lowest BCUT2D eigenvalue weighted by atomic mass is 9.73. The van der Waals surface area contributed by atoms with Crippen molar-refractivity contribution in [3.05, 3.63) is 0 Å². The molecule has 1 aliphatic rings. The number of hydrogen-bond donors (Lipinski definition) is 0. The molecular weight excluding hydrogens is 236 g/mol. The fourth-order valence-corrected chi connectivity index (χ4v) is 3.82. The molecule has 1 unspecified atom stereocenters. The highest BCUT2D eigenvalue weighted by Gasteiger charge is 2.31. The summed E-state index contributed by atoms with van der Waals surface area (Å²) < 4.78 is 0. The van der Waals surface area contributed by atoms with Crippen molar-refractivity contribution in [1.82, 2.24) is 0 Å². The summed E-state index contributed by atoms with van der Waals surface area (Å²) in [5.74, 6) is 1.77. The number of Topliss-reactive ketones (excluding diaryl/α,β-unsaturated/α-hetero) is 2. The van der Waals surface area contributed by atoms with E-state index in [9.17, 15) is 9.59 Å². The molecule has 2 heteroatoms. The Bertz CT molecular complexity index is 308. The van der Waals surface area contributed by atoms with Crippen LogP contribution in [0.4, 0.5) is 0 Å². The number of hydrogen-bond acceptors (Lipinski definition) is 2. The molecule has 110 valence electrons. The van der Waals surface area contributed by atoms with Crippen molar-refractivity contribution in [2.75, 3.05) is 0 Å². The van der Waals surface area contributed by atoms with E-state index in [4.69, 9.17) is 0 Å². The fourth-order valence-electron chi connectivity index (χ4n) is 3.82. The Labute approximate surface area is 118 Å². The van der Waals surface area contributed by atoms with Gasteiger partial charge in [0.25, 0.3) is 0 Å². The summed E-state index contributed by atoms with van der Waals surface area (Å²) in [6, 6.07) is 0. The second kappa shape index (κ2) is 7.81. The maximum Gasteiger partial charge on any atom is 0.136 e. The predicted octanol–water partition coefficient (Wildman–Crippen LogP) is 4.41. The van der Waals surface area contributed by atoms with Gasteiger partial charge in [0, 0.05) is 18.3 Å². The molecule has 0 saturated heterocycles. The molecule has 0 N–H and O–H groups in total. The van der Waals surface area contributed by atoms with Crippen LogP contribution < -0.4 is 0 Å². The molecular formula is C17H30O2. The molecule has 1 fully saturated rings. The second-order valence-corrected chi connectivity index (χ2v) is 6.33. The number of rotatable bonds is 7. The summed E-state index contributed by atoms with van der Waals surface area (Å²) >= 11 is 0. The highest BCUT2D eigenvalue weighted by Crippen LogP contribution is 2.35. The Morgan fingerprint density at radius 2 is 1.79 bits per heavy atom. The molecule has 0 spiro atoms. The van der Waals surface area contributed by atoms with E-state index in [1.165, 1.54) is 19.3 Å². The van der Waals surface area contributed by atoms with Crippen molar-refractivity contribution in [3.63, 3.8) is 0 Å². The number of carbonyl (C=O) groups is 2. The zero-order valence-corrected chi connectivity index (χ0v) is 13.1. The van der Waals surface area contributed by atoms with Crippen LogP contribution in [0, 0.1) is 23.7 Å². The molecule has 0 heterocycles. The second-order valence-electron chi connectivity index (χ2n) is 6.33. The summed E-state index contributed by atoms with van der Waals surface area (Å²) in [5, 5.41) is 0. The Morgan fingerprint density at radius 3 is 2.32 bits per heavy atom. The van der Waals surface area contributed by atoms with E-state index < -0.39 is 0 Å². The Balaban J connectivity index is 2.59. The van der Waals surface area contributed by atoms with E-state index in [0.717, 1.165) is 19.3 Å². The van der Waals surface area contributed by atoms with Gasteiger partial charge in [0.1, 0.15) is 11.6 Å². The maximum absolute atomic E-state index is 12.5. The minimum absolute atomic E-state index is 0.0626. The maximum atomic E-state index is 12.5. The lowest BCUT2D eigenvalue weighted by Gasteiger charge is -2.31. The van der Waals surface area contributed by atoms with Crippen molar-refractivity contribution >= 4 is 11.6 Å². The molecule has 4 atom stereocenters. The smallest absolute Gasteiger partial charge is 0.136 e. The molecule has 0 aromatic heterocycles. The van der Waals surface area contributed by atoms with Crippen LogP contribution in [-0.4, -0.2) is 11.6 Å². The normalized spacial score (nSPS) is 26.7. The molecule has 2 nitrogen and oxygen atoms in total. The topological polar surface area (TPSA) is 34.1 Å². The summed E-state index contributed by atoms with van der Waals surface area (Å²) in [6.07, 6.45) is 7.33. The third-order valence-corrected chi connectivity index (χ3v) is 5.02. The first-order valence-electron chi connectivity index (χ1n) is 8.04. The molecule has 0 aromatic carbocycles. The van der Waals surface area contributed by atoms with Gasteiger partial charge in [0.2, 0.25) is 0 Å². The van der Waals surface area contributed by atoms with Gasteiger partial charge in [-0.05, 0) is 38.0 Å². The average molecular weight is 266 g/mol. The van der Waals surface area contributed by atoms with Gasteiger partial charge in [0.15, 0.2) is 0 Å². The van der Waals surface area contributed by atoms with Crippen LogP contribution >= 0.6 is 0 Å². The molecule has 0 aromatic rings. The third kappa shape index (κ3) is 4.43. The van der Waals surface area contributed by atoms with Gasteiger partial charge < -0.3 is 0 Å². The third-order valence-electron chi connectivity index (χ3n) is 5.02. The standard InChI is InChI=1S/C17H30O2/c1-5-14-9-7-8-10-16(14)17(19)11-12(3)15(6-2)13(4)18/h12,14-16H,5-11H2,1-4H3/t12-,14-,15+,16?/m1/s1. The van der Waals surface area contributed by atoms with E-state index in [1.807, 2.05) is 6.92 Å². The first-order valence-corrected chi connectivity index (χ1v) is 8.04. The highest BCUT2D eigenvalue weighted by molar-refractivity contribution is 5.83. The average Bonchev–Trinajstić information content (AvgIpc) is 2.38. The Morgan fingerprint density at radius 1 is 1.16 bits per heavy atom. The van der Waals surface area contributed by atoms with Crippen molar-refractivity contribution in [2.45, 2.75) is 72.6 Å². The van der Waals surface area contributed by atoms with E-state index >= 15 is 0 Å².